The van der Waals surface area contributed by atoms with E-state index in [2.05, 4.69) is 11.9 Å². The van der Waals surface area contributed by atoms with E-state index in [1.165, 1.54) is 5.70 Å². The third-order valence-corrected chi connectivity index (χ3v) is 5.21. The predicted octanol–water partition coefficient (Wildman–Crippen LogP) is 2.32. The molecule has 0 saturated carbocycles. The maximum Gasteiger partial charge on any atom is 0.203 e. The minimum absolute atomic E-state index is 0.0825. The van der Waals surface area contributed by atoms with Crippen molar-refractivity contribution in [2.75, 3.05) is 34.9 Å². The van der Waals surface area contributed by atoms with Crippen LogP contribution in [0, 0.1) is 0 Å². The van der Waals surface area contributed by atoms with Gasteiger partial charge in [0.1, 0.15) is 0 Å². The van der Waals surface area contributed by atoms with E-state index in [-0.39, 0.29) is 11.5 Å². The Morgan fingerprint density at radius 3 is 2.30 bits per heavy atom. The molecular formula is C18H25NO4. The number of methoxy groups -OCH3 is 3. The highest BCUT2D eigenvalue weighted by atomic mass is 16.5. The van der Waals surface area contributed by atoms with Gasteiger partial charge in [0.05, 0.1) is 27.4 Å². The number of ether oxygens (including phenoxy) is 3. The molecule has 2 aliphatic rings. The average molecular weight is 319 g/mol. The van der Waals surface area contributed by atoms with Crippen molar-refractivity contribution in [2.24, 2.45) is 0 Å². The van der Waals surface area contributed by atoms with Crippen LogP contribution < -0.4 is 14.2 Å². The van der Waals surface area contributed by atoms with Crippen molar-refractivity contribution in [3.05, 3.63) is 29.5 Å². The van der Waals surface area contributed by atoms with Gasteiger partial charge < -0.3 is 24.2 Å². The summed E-state index contributed by atoms with van der Waals surface area (Å²) in [7, 11) is 6.98. The first-order chi connectivity index (χ1) is 11.1. The summed E-state index contributed by atoms with van der Waals surface area (Å²) >= 11 is 0. The fourth-order valence-corrected chi connectivity index (χ4v) is 3.97. The zero-order valence-electron chi connectivity index (χ0n) is 14.3. The molecule has 1 N–H and O–H groups in total. The molecular weight excluding hydrogens is 294 g/mol. The van der Waals surface area contributed by atoms with E-state index in [0.29, 0.717) is 17.2 Å². The molecule has 1 fully saturated rings. The molecule has 0 aromatic heterocycles. The lowest BCUT2D eigenvalue weighted by Gasteiger charge is -2.37. The highest BCUT2D eigenvalue weighted by molar-refractivity contribution is 5.57. The molecule has 0 amide bonds. The second-order valence-corrected chi connectivity index (χ2v) is 6.33. The van der Waals surface area contributed by atoms with Gasteiger partial charge in [0.2, 0.25) is 5.75 Å². The standard InChI is InChI=1S/C18H25NO4/c1-19-8-7-18(6-5-13(20)11-16(18)19)12-9-14(21-2)17(23-4)15(10-12)22-3/h9-11,13,20H,5-8H2,1-4H3/t13-,18+/m1/s1. The number of likely N-dealkylation sites (N-methyl/N-ethyl adjacent to an activating group) is 1. The summed E-state index contributed by atoms with van der Waals surface area (Å²) in [6.45, 7) is 0.981. The number of aliphatic hydroxyl groups is 1. The fourth-order valence-electron chi connectivity index (χ4n) is 3.97. The average Bonchev–Trinajstić information content (AvgIpc) is 2.91. The Kier molecular flexibility index (Phi) is 4.15. The van der Waals surface area contributed by atoms with E-state index in [1.807, 2.05) is 18.2 Å². The molecule has 0 bridgehead atoms. The molecule has 5 nitrogen and oxygen atoms in total. The van der Waals surface area contributed by atoms with Gasteiger partial charge in [-0.15, -0.1) is 0 Å². The molecule has 5 heteroatoms. The lowest BCUT2D eigenvalue weighted by molar-refractivity contribution is 0.181. The molecule has 3 rings (SSSR count). The molecule has 126 valence electrons. The summed E-state index contributed by atoms with van der Waals surface area (Å²) in [5.41, 5.74) is 2.28. The Morgan fingerprint density at radius 1 is 1.09 bits per heavy atom. The molecule has 0 spiro atoms. The quantitative estimate of drug-likeness (QED) is 0.923. The Hall–Kier alpha value is -1.88. The fraction of sp³-hybridized carbons (Fsp3) is 0.556. The number of nitrogens with zero attached hydrogens (tertiary/aromatic N) is 1. The largest absolute Gasteiger partial charge is 0.493 e. The molecule has 0 unspecified atom stereocenters. The van der Waals surface area contributed by atoms with Gasteiger partial charge in [0.25, 0.3) is 0 Å². The van der Waals surface area contributed by atoms with Crippen molar-refractivity contribution in [1.29, 1.82) is 0 Å². The zero-order valence-corrected chi connectivity index (χ0v) is 14.3. The van der Waals surface area contributed by atoms with Gasteiger partial charge in [-0.1, -0.05) is 0 Å². The third kappa shape index (κ3) is 2.43. The Labute approximate surface area is 137 Å². The Balaban J connectivity index is 2.16. The van der Waals surface area contributed by atoms with E-state index in [9.17, 15) is 5.11 Å². The second kappa shape index (κ2) is 5.96. The van der Waals surface area contributed by atoms with E-state index >= 15 is 0 Å². The third-order valence-electron chi connectivity index (χ3n) is 5.21. The van der Waals surface area contributed by atoms with Crippen LogP contribution in [0.5, 0.6) is 17.2 Å². The number of likely N-dealkylation sites (tertiary alicyclic amines) is 1. The number of hydrogen-bond acceptors (Lipinski definition) is 5. The second-order valence-electron chi connectivity index (χ2n) is 6.33. The predicted molar refractivity (Wildman–Crippen MR) is 88.3 cm³/mol. The summed E-state index contributed by atoms with van der Waals surface area (Å²) in [6, 6.07) is 4.10. The molecule has 1 aromatic rings. The van der Waals surface area contributed by atoms with Gasteiger partial charge in [-0.2, -0.15) is 0 Å². The lowest BCUT2D eigenvalue weighted by Crippen LogP contribution is -2.33. The van der Waals surface area contributed by atoms with Gasteiger partial charge in [-0.3, -0.25) is 0 Å². The van der Waals surface area contributed by atoms with Crippen LogP contribution in [0.2, 0.25) is 0 Å². The Morgan fingerprint density at radius 2 is 1.74 bits per heavy atom. The van der Waals surface area contributed by atoms with Gasteiger partial charge in [0.15, 0.2) is 11.5 Å². The molecule has 1 saturated heterocycles. The summed E-state index contributed by atoms with van der Waals surface area (Å²) < 4.78 is 16.5. The molecule has 1 aliphatic heterocycles. The maximum atomic E-state index is 10.0. The summed E-state index contributed by atoms with van der Waals surface area (Å²) in [5, 5.41) is 10.0. The topological polar surface area (TPSA) is 51.2 Å². The Bertz CT molecular complexity index is 602. The number of aliphatic hydroxyl groups excluding tert-OH is 1. The van der Waals surface area contributed by atoms with Gasteiger partial charge >= 0.3 is 0 Å². The van der Waals surface area contributed by atoms with Gasteiger partial charge in [-0.05, 0) is 43.0 Å². The highest BCUT2D eigenvalue weighted by Crippen LogP contribution is 2.52. The van der Waals surface area contributed by atoms with E-state index in [4.69, 9.17) is 14.2 Å². The van der Waals surface area contributed by atoms with Crippen molar-refractivity contribution in [2.45, 2.75) is 30.8 Å². The van der Waals surface area contributed by atoms with Crippen LogP contribution in [-0.4, -0.2) is 51.0 Å². The first-order valence-corrected chi connectivity index (χ1v) is 7.97. The summed E-state index contributed by atoms with van der Waals surface area (Å²) in [6.07, 6.45) is 4.36. The number of hydrogen-bond donors (Lipinski definition) is 1. The van der Waals surface area contributed by atoms with Crippen molar-refractivity contribution in [3.63, 3.8) is 0 Å². The molecule has 1 aromatic carbocycles. The number of allylic oxidation sites excluding steroid dienone is 1. The molecule has 23 heavy (non-hydrogen) atoms. The molecule has 1 heterocycles. The van der Waals surface area contributed by atoms with Crippen molar-refractivity contribution < 1.29 is 19.3 Å². The van der Waals surface area contributed by atoms with Crippen LogP contribution in [0.4, 0.5) is 0 Å². The first-order valence-electron chi connectivity index (χ1n) is 7.97. The summed E-state index contributed by atoms with van der Waals surface area (Å²) in [4.78, 5) is 2.24. The lowest BCUT2D eigenvalue weighted by atomic mass is 9.70. The first kappa shape index (κ1) is 16.0. The molecule has 2 atom stereocenters. The van der Waals surface area contributed by atoms with Gasteiger partial charge in [0, 0.05) is 24.7 Å². The van der Waals surface area contributed by atoms with E-state index in [1.54, 1.807) is 21.3 Å². The van der Waals surface area contributed by atoms with Gasteiger partial charge in [-0.25, -0.2) is 0 Å². The van der Waals surface area contributed by atoms with Crippen molar-refractivity contribution in [3.8, 4) is 17.2 Å². The zero-order chi connectivity index (χ0) is 16.6. The minimum Gasteiger partial charge on any atom is -0.493 e. The van der Waals surface area contributed by atoms with Crippen LogP contribution in [0.25, 0.3) is 0 Å². The SMILES string of the molecule is COc1cc([C@@]23CC[C@@H](O)C=C2N(C)CC3)cc(OC)c1OC. The molecule has 1 aliphatic carbocycles. The minimum atomic E-state index is -0.360. The number of rotatable bonds is 4. The van der Waals surface area contributed by atoms with E-state index in [0.717, 1.165) is 31.4 Å². The highest BCUT2D eigenvalue weighted by Gasteiger charge is 2.46. The van der Waals surface area contributed by atoms with Crippen LogP contribution in [0.15, 0.2) is 23.9 Å². The van der Waals surface area contributed by atoms with Crippen LogP contribution in [0.3, 0.4) is 0 Å². The van der Waals surface area contributed by atoms with E-state index < -0.39 is 0 Å². The molecule has 0 radical (unpaired) electrons. The maximum absolute atomic E-state index is 10.0. The monoisotopic (exact) mass is 319 g/mol. The van der Waals surface area contributed by atoms with Crippen LogP contribution in [0.1, 0.15) is 24.8 Å². The summed E-state index contributed by atoms with van der Waals surface area (Å²) in [5.74, 6) is 1.97. The smallest absolute Gasteiger partial charge is 0.203 e. The van der Waals surface area contributed by atoms with Crippen LogP contribution in [-0.2, 0) is 5.41 Å². The van der Waals surface area contributed by atoms with Crippen molar-refractivity contribution in [1.82, 2.24) is 4.90 Å². The van der Waals surface area contributed by atoms with Crippen LogP contribution >= 0.6 is 0 Å². The van der Waals surface area contributed by atoms with Crippen molar-refractivity contribution >= 4 is 0 Å². The normalized spacial score (nSPS) is 26.6. The number of benzene rings is 1. The number of fused-ring (bicyclic) bond motifs is 1.